The van der Waals surface area contributed by atoms with E-state index in [1.807, 2.05) is 0 Å². The van der Waals surface area contributed by atoms with Crippen LogP contribution >= 0.6 is 0 Å². The van der Waals surface area contributed by atoms with Gasteiger partial charge in [0, 0.05) is 5.57 Å². The standard InChI is InChI=1S/C20H36O2/c1-4-5-7-10-18-12-14-19(15-13-18)11-8-6-9-16-22-20(21)17(2)3/h18-19H,2,4-16H2,1,3H3. The van der Waals surface area contributed by atoms with Crippen molar-refractivity contribution in [2.75, 3.05) is 6.61 Å². The van der Waals surface area contributed by atoms with E-state index in [-0.39, 0.29) is 5.97 Å². The maximum atomic E-state index is 11.2. The van der Waals surface area contributed by atoms with Gasteiger partial charge in [0.15, 0.2) is 0 Å². The number of hydrogen-bond acceptors (Lipinski definition) is 2. The van der Waals surface area contributed by atoms with Crippen molar-refractivity contribution in [2.24, 2.45) is 11.8 Å². The molecule has 0 radical (unpaired) electrons. The molecule has 0 saturated heterocycles. The van der Waals surface area contributed by atoms with Crippen LogP contribution in [-0.2, 0) is 9.53 Å². The molecule has 2 heteroatoms. The summed E-state index contributed by atoms with van der Waals surface area (Å²) in [6.07, 6.45) is 16.3. The fourth-order valence-electron chi connectivity index (χ4n) is 3.49. The molecule has 0 spiro atoms. The largest absolute Gasteiger partial charge is 0.462 e. The van der Waals surface area contributed by atoms with Crippen molar-refractivity contribution in [2.45, 2.75) is 90.9 Å². The van der Waals surface area contributed by atoms with Crippen molar-refractivity contribution in [3.05, 3.63) is 12.2 Å². The first-order valence-electron chi connectivity index (χ1n) is 9.46. The first kappa shape index (κ1) is 19.3. The van der Waals surface area contributed by atoms with Crippen molar-refractivity contribution in [1.29, 1.82) is 0 Å². The van der Waals surface area contributed by atoms with Gasteiger partial charge >= 0.3 is 5.97 Å². The molecule has 22 heavy (non-hydrogen) atoms. The fourth-order valence-corrected chi connectivity index (χ4v) is 3.49. The predicted molar refractivity (Wildman–Crippen MR) is 93.8 cm³/mol. The number of unbranched alkanes of at least 4 members (excludes halogenated alkanes) is 4. The smallest absolute Gasteiger partial charge is 0.333 e. The highest BCUT2D eigenvalue weighted by Crippen LogP contribution is 2.34. The first-order chi connectivity index (χ1) is 10.6. The minimum atomic E-state index is -0.249. The molecule has 0 aromatic rings. The summed E-state index contributed by atoms with van der Waals surface area (Å²) >= 11 is 0. The van der Waals surface area contributed by atoms with Gasteiger partial charge in [-0.1, -0.05) is 84.1 Å². The SMILES string of the molecule is C=C(C)C(=O)OCCCCCC1CCC(CCCCC)CC1. The van der Waals surface area contributed by atoms with Crippen molar-refractivity contribution in [1.82, 2.24) is 0 Å². The van der Waals surface area contributed by atoms with Crippen LogP contribution in [-0.4, -0.2) is 12.6 Å². The maximum absolute atomic E-state index is 11.2. The second kappa shape index (κ2) is 11.7. The monoisotopic (exact) mass is 308 g/mol. The maximum Gasteiger partial charge on any atom is 0.333 e. The Balaban J connectivity index is 1.94. The predicted octanol–water partition coefficient (Wildman–Crippen LogP) is 6.05. The second-order valence-corrected chi connectivity index (χ2v) is 7.15. The molecule has 2 nitrogen and oxygen atoms in total. The van der Waals surface area contributed by atoms with Crippen molar-refractivity contribution < 1.29 is 9.53 Å². The van der Waals surface area contributed by atoms with Gasteiger partial charge in [0.1, 0.15) is 0 Å². The lowest BCUT2D eigenvalue weighted by molar-refractivity contribution is -0.139. The van der Waals surface area contributed by atoms with E-state index in [0.717, 1.165) is 18.3 Å². The van der Waals surface area contributed by atoms with E-state index in [1.54, 1.807) is 6.92 Å². The van der Waals surface area contributed by atoms with Crippen LogP contribution in [0.25, 0.3) is 0 Å². The van der Waals surface area contributed by atoms with Crippen molar-refractivity contribution >= 4 is 5.97 Å². The molecule has 0 aromatic heterocycles. The molecule has 1 fully saturated rings. The Kier molecular flexibility index (Phi) is 10.3. The summed E-state index contributed by atoms with van der Waals surface area (Å²) < 4.78 is 5.12. The summed E-state index contributed by atoms with van der Waals surface area (Å²) in [5.74, 6) is 1.73. The number of carbonyl (C=O) groups excluding carboxylic acids is 1. The van der Waals surface area contributed by atoms with Gasteiger partial charge in [0.2, 0.25) is 0 Å². The summed E-state index contributed by atoms with van der Waals surface area (Å²) in [5, 5.41) is 0. The first-order valence-corrected chi connectivity index (χ1v) is 9.46. The van der Waals surface area contributed by atoms with Gasteiger partial charge < -0.3 is 4.74 Å². The third kappa shape index (κ3) is 8.60. The highest BCUT2D eigenvalue weighted by atomic mass is 16.5. The molecule has 0 atom stereocenters. The van der Waals surface area contributed by atoms with Crippen LogP contribution in [0.2, 0.25) is 0 Å². The van der Waals surface area contributed by atoms with E-state index < -0.39 is 0 Å². The zero-order valence-corrected chi connectivity index (χ0v) is 14.9. The quantitative estimate of drug-likeness (QED) is 0.264. The molecule has 1 rings (SSSR count). The molecule has 0 aliphatic heterocycles. The van der Waals surface area contributed by atoms with E-state index in [0.29, 0.717) is 12.2 Å². The molecular formula is C20H36O2. The highest BCUT2D eigenvalue weighted by molar-refractivity contribution is 5.86. The zero-order chi connectivity index (χ0) is 16.2. The lowest BCUT2D eigenvalue weighted by Gasteiger charge is -2.28. The van der Waals surface area contributed by atoms with E-state index in [2.05, 4.69) is 13.5 Å². The van der Waals surface area contributed by atoms with Crippen LogP contribution < -0.4 is 0 Å². The van der Waals surface area contributed by atoms with Gasteiger partial charge in [-0.2, -0.15) is 0 Å². The van der Waals surface area contributed by atoms with Crippen LogP contribution in [0.5, 0.6) is 0 Å². The van der Waals surface area contributed by atoms with Gasteiger partial charge in [-0.3, -0.25) is 0 Å². The Morgan fingerprint density at radius 3 is 2.00 bits per heavy atom. The van der Waals surface area contributed by atoms with Crippen LogP contribution in [0.3, 0.4) is 0 Å². The lowest BCUT2D eigenvalue weighted by atomic mass is 9.78. The topological polar surface area (TPSA) is 26.3 Å². The van der Waals surface area contributed by atoms with Crippen LogP contribution in [0, 0.1) is 11.8 Å². The number of ether oxygens (including phenoxy) is 1. The van der Waals surface area contributed by atoms with E-state index >= 15 is 0 Å². The molecule has 0 unspecified atom stereocenters. The van der Waals surface area contributed by atoms with Gasteiger partial charge in [0.25, 0.3) is 0 Å². The average Bonchev–Trinajstić information content (AvgIpc) is 2.52. The summed E-state index contributed by atoms with van der Waals surface area (Å²) in [4.78, 5) is 11.2. The van der Waals surface area contributed by atoms with Crippen LogP contribution in [0.1, 0.15) is 90.9 Å². The summed E-state index contributed by atoms with van der Waals surface area (Å²) in [6.45, 7) is 8.12. The Labute approximate surface area is 137 Å². The van der Waals surface area contributed by atoms with Gasteiger partial charge in [-0.05, 0) is 25.2 Å². The van der Waals surface area contributed by atoms with E-state index in [9.17, 15) is 4.79 Å². The Hall–Kier alpha value is -0.790. The number of rotatable bonds is 11. The number of esters is 1. The lowest BCUT2D eigenvalue weighted by Crippen LogP contribution is -2.14. The second-order valence-electron chi connectivity index (χ2n) is 7.15. The van der Waals surface area contributed by atoms with E-state index in [1.165, 1.54) is 70.6 Å². The number of carbonyl (C=O) groups is 1. The normalized spacial score (nSPS) is 21.5. The molecule has 0 aromatic carbocycles. The third-order valence-corrected chi connectivity index (χ3v) is 5.02. The van der Waals surface area contributed by atoms with Crippen LogP contribution in [0.15, 0.2) is 12.2 Å². The third-order valence-electron chi connectivity index (χ3n) is 5.02. The van der Waals surface area contributed by atoms with Crippen molar-refractivity contribution in [3.63, 3.8) is 0 Å². The molecule has 0 bridgehead atoms. The Morgan fingerprint density at radius 2 is 1.50 bits per heavy atom. The Morgan fingerprint density at radius 1 is 0.955 bits per heavy atom. The summed E-state index contributed by atoms with van der Waals surface area (Å²) in [7, 11) is 0. The molecule has 0 heterocycles. The minimum absolute atomic E-state index is 0.249. The molecule has 128 valence electrons. The molecule has 0 amide bonds. The summed E-state index contributed by atoms with van der Waals surface area (Å²) in [5.41, 5.74) is 0.496. The molecule has 0 N–H and O–H groups in total. The molecule has 1 aliphatic rings. The average molecular weight is 309 g/mol. The molecule has 1 saturated carbocycles. The van der Waals surface area contributed by atoms with E-state index in [4.69, 9.17) is 4.74 Å². The van der Waals surface area contributed by atoms with Gasteiger partial charge in [0.05, 0.1) is 6.61 Å². The zero-order valence-electron chi connectivity index (χ0n) is 14.9. The van der Waals surface area contributed by atoms with Gasteiger partial charge in [-0.25, -0.2) is 4.79 Å². The highest BCUT2D eigenvalue weighted by Gasteiger charge is 2.20. The minimum Gasteiger partial charge on any atom is -0.462 e. The van der Waals surface area contributed by atoms with Crippen molar-refractivity contribution in [3.8, 4) is 0 Å². The molecule has 1 aliphatic carbocycles. The van der Waals surface area contributed by atoms with Gasteiger partial charge in [-0.15, -0.1) is 0 Å². The molecular weight excluding hydrogens is 272 g/mol. The number of hydrogen-bond donors (Lipinski definition) is 0. The summed E-state index contributed by atoms with van der Waals surface area (Å²) in [6, 6.07) is 0. The Bertz CT molecular complexity index is 314. The fraction of sp³-hybridized carbons (Fsp3) is 0.850. The van der Waals surface area contributed by atoms with Crippen LogP contribution in [0.4, 0.5) is 0 Å².